The summed E-state index contributed by atoms with van der Waals surface area (Å²) in [6.45, 7) is 5.94. The van der Waals surface area contributed by atoms with Gasteiger partial charge in [0.1, 0.15) is 5.75 Å². The van der Waals surface area contributed by atoms with Crippen molar-refractivity contribution >= 4 is 45.9 Å². The molecule has 1 heterocycles. The number of rotatable bonds is 6. The number of nitrogens with two attached hydrogens (primary N) is 1. The monoisotopic (exact) mass is 516 g/mol. The Kier molecular flexibility index (Phi) is 7.19. The zero-order chi connectivity index (χ0) is 27.4. The van der Waals surface area contributed by atoms with Gasteiger partial charge in [0, 0.05) is 23.0 Å². The Morgan fingerprint density at radius 3 is 2.21 bits per heavy atom. The van der Waals surface area contributed by atoms with Gasteiger partial charge in [-0.05, 0) is 35.2 Å². The summed E-state index contributed by atoms with van der Waals surface area (Å²) in [7, 11) is 1.40. The lowest BCUT2D eigenvalue weighted by Crippen LogP contribution is -2.22. The maximum atomic E-state index is 13.1. The number of ether oxygens (including phenoxy) is 2. The fourth-order valence-electron chi connectivity index (χ4n) is 3.85. The Bertz CT molecular complexity index is 1520. The second-order valence-electron chi connectivity index (χ2n) is 9.38. The quantitative estimate of drug-likeness (QED) is 0.207. The standard InChI is InChI=1S/C27H28N6O5/c1-27(2,3)15-13-19(23(37-4)20(14-15)32-26(35)36)31-25(34)30-18-9-10-21(17-8-6-5-7-16(17)18)38-22-11-12-29-24(28)33-22/h5-14,32H,1-4H3,(H,35,36)(H2,28,29,33)(H2,30,31,34). The highest BCUT2D eigenvalue weighted by molar-refractivity contribution is 6.08. The number of carboxylic acid groups (broad SMARTS) is 1. The minimum atomic E-state index is -1.25. The van der Waals surface area contributed by atoms with Crippen LogP contribution in [0.3, 0.4) is 0 Å². The molecule has 0 unspecified atom stereocenters. The lowest BCUT2D eigenvalue weighted by molar-refractivity contribution is 0.209. The van der Waals surface area contributed by atoms with Crippen LogP contribution in [0.5, 0.6) is 17.4 Å². The molecule has 0 atom stereocenters. The van der Waals surface area contributed by atoms with Crippen LogP contribution in [0.4, 0.5) is 32.6 Å². The number of carbonyl (C=O) groups is 2. The molecule has 0 radical (unpaired) electrons. The maximum Gasteiger partial charge on any atom is 0.409 e. The number of fused-ring (bicyclic) bond motifs is 1. The average Bonchev–Trinajstić information content (AvgIpc) is 2.84. The van der Waals surface area contributed by atoms with Crippen molar-refractivity contribution < 1.29 is 24.2 Å². The van der Waals surface area contributed by atoms with Gasteiger partial charge in [-0.3, -0.25) is 5.32 Å². The third kappa shape index (κ3) is 5.84. The van der Waals surface area contributed by atoms with Crippen LogP contribution in [0.2, 0.25) is 0 Å². The lowest BCUT2D eigenvalue weighted by atomic mass is 9.86. The van der Waals surface area contributed by atoms with E-state index in [1.807, 2.05) is 45.0 Å². The van der Waals surface area contributed by atoms with E-state index in [1.54, 1.807) is 30.3 Å². The number of nitrogens with zero attached hydrogens (tertiary/aromatic N) is 2. The third-order valence-corrected chi connectivity index (χ3v) is 5.64. The molecule has 196 valence electrons. The van der Waals surface area contributed by atoms with Crippen molar-refractivity contribution in [1.82, 2.24) is 9.97 Å². The summed E-state index contributed by atoms with van der Waals surface area (Å²) >= 11 is 0. The number of nitrogens with one attached hydrogen (secondary N) is 3. The van der Waals surface area contributed by atoms with Crippen LogP contribution in [0.15, 0.2) is 60.8 Å². The summed E-state index contributed by atoms with van der Waals surface area (Å²) in [6, 6.07) is 15.3. The van der Waals surface area contributed by atoms with Crippen LogP contribution in [0, 0.1) is 0 Å². The first kappa shape index (κ1) is 26.0. The molecule has 0 saturated heterocycles. The summed E-state index contributed by atoms with van der Waals surface area (Å²) in [5.74, 6) is 1.09. The van der Waals surface area contributed by atoms with Gasteiger partial charge in [-0.25, -0.2) is 14.6 Å². The predicted molar refractivity (Wildman–Crippen MR) is 146 cm³/mol. The second-order valence-corrected chi connectivity index (χ2v) is 9.38. The summed E-state index contributed by atoms with van der Waals surface area (Å²) in [6.07, 6.45) is 0.253. The van der Waals surface area contributed by atoms with Gasteiger partial charge < -0.3 is 30.9 Å². The van der Waals surface area contributed by atoms with E-state index >= 15 is 0 Å². The average molecular weight is 517 g/mol. The van der Waals surface area contributed by atoms with Gasteiger partial charge in [-0.1, -0.05) is 45.0 Å². The maximum absolute atomic E-state index is 13.1. The topological polar surface area (TPSA) is 161 Å². The predicted octanol–water partition coefficient (Wildman–Crippen LogP) is 6.04. The summed E-state index contributed by atoms with van der Waals surface area (Å²) in [5.41, 5.74) is 7.20. The van der Waals surface area contributed by atoms with E-state index in [2.05, 4.69) is 25.9 Å². The van der Waals surface area contributed by atoms with Crippen molar-refractivity contribution in [2.24, 2.45) is 0 Å². The largest absolute Gasteiger partial charge is 0.492 e. The number of anilines is 4. The number of aromatic nitrogens is 2. The molecule has 0 bridgehead atoms. The molecule has 0 aliphatic heterocycles. The van der Waals surface area contributed by atoms with Gasteiger partial charge in [0.15, 0.2) is 5.75 Å². The van der Waals surface area contributed by atoms with Gasteiger partial charge >= 0.3 is 12.1 Å². The molecular formula is C27H28N6O5. The van der Waals surface area contributed by atoms with Crippen molar-refractivity contribution in [2.45, 2.75) is 26.2 Å². The number of hydrogen-bond donors (Lipinski definition) is 5. The SMILES string of the molecule is COc1c(NC(=O)O)cc(C(C)(C)C)cc1NC(=O)Nc1ccc(Oc2ccnc(N)n2)c2ccccc12. The van der Waals surface area contributed by atoms with Gasteiger partial charge in [0.2, 0.25) is 11.8 Å². The van der Waals surface area contributed by atoms with Crippen molar-refractivity contribution in [1.29, 1.82) is 0 Å². The van der Waals surface area contributed by atoms with Crippen LogP contribution >= 0.6 is 0 Å². The molecule has 11 nitrogen and oxygen atoms in total. The fraction of sp³-hybridized carbons (Fsp3) is 0.185. The van der Waals surface area contributed by atoms with Crippen molar-refractivity contribution in [3.63, 3.8) is 0 Å². The van der Waals surface area contributed by atoms with Gasteiger partial charge in [-0.15, -0.1) is 0 Å². The number of amides is 3. The Balaban J connectivity index is 1.65. The van der Waals surface area contributed by atoms with E-state index in [1.165, 1.54) is 13.3 Å². The highest BCUT2D eigenvalue weighted by Crippen LogP contribution is 2.39. The number of carbonyl (C=O) groups excluding carboxylic acids is 1. The Labute approximate surface area is 219 Å². The van der Waals surface area contributed by atoms with E-state index in [-0.39, 0.29) is 28.7 Å². The third-order valence-electron chi connectivity index (χ3n) is 5.64. The molecule has 38 heavy (non-hydrogen) atoms. The van der Waals surface area contributed by atoms with Gasteiger partial charge in [-0.2, -0.15) is 4.98 Å². The van der Waals surface area contributed by atoms with Crippen molar-refractivity contribution in [3.05, 3.63) is 66.4 Å². The van der Waals surface area contributed by atoms with Crippen LogP contribution in [0.25, 0.3) is 10.8 Å². The van der Waals surface area contributed by atoms with Crippen LogP contribution in [-0.2, 0) is 5.41 Å². The van der Waals surface area contributed by atoms with Crippen molar-refractivity contribution in [2.75, 3.05) is 28.8 Å². The van der Waals surface area contributed by atoms with Crippen LogP contribution < -0.4 is 31.2 Å². The first-order valence-corrected chi connectivity index (χ1v) is 11.6. The molecule has 11 heteroatoms. The molecule has 4 aromatic rings. The molecule has 0 aliphatic carbocycles. The molecule has 0 fully saturated rings. The zero-order valence-corrected chi connectivity index (χ0v) is 21.3. The van der Waals surface area contributed by atoms with E-state index in [0.717, 1.165) is 16.3 Å². The molecule has 4 rings (SSSR count). The molecule has 0 spiro atoms. The summed E-state index contributed by atoms with van der Waals surface area (Å²) in [5, 5.41) is 18.7. The molecule has 0 saturated carbocycles. The second kappa shape index (κ2) is 10.5. The fourth-order valence-corrected chi connectivity index (χ4v) is 3.85. The Hall–Kier alpha value is -5.06. The Morgan fingerprint density at radius 1 is 0.921 bits per heavy atom. The van der Waals surface area contributed by atoms with Gasteiger partial charge in [0.25, 0.3) is 0 Å². The lowest BCUT2D eigenvalue weighted by Gasteiger charge is -2.23. The highest BCUT2D eigenvalue weighted by Gasteiger charge is 2.22. The number of hydrogen-bond acceptors (Lipinski definition) is 7. The number of methoxy groups -OCH3 is 1. The first-order valence-electron chi connectivity index (χ1n) is 11.6. The van der Waals surface area contributed by atoms with Crippen LogP contribution in [-0.4, -0.2) is 34.3 Å². The van der Waals surface area contributed by atoms with Crippen molar-refractivity contribution in [3.8, 4) is 17.4 Å². The normalized spacial score (nSPS) is 11.1. The van der Waals surface area contributed by atoms with E-state index in [0.29, 0.717) is 17.1 Å². The van der Waals surface area contributed by atoms with E-state index < -0.39 is 12.1 Å². The zero-order valence-electron chi connectivity index (χ0n) is 21.3. The molecular weight excluding hydrogens is 488 g/mol. The molecule has 1 aromatic heterocycles. The first-order chi connectivity index (χ1) is 18.0. The summed E-state index contributed by atoms with van der Waals surface area (Å²) in [4.78, 5) is 32.4. The molecule has 0 aliphatic rings. The highest BCUT2D eigenvalue weighted by atomic mass is 16.5. The van der Waals surface area contributed by atoms with Gasteiger partial charge in [0.05, 0.1) is 24.2 Å². The molecule has 6 N–H and O–H groups in total. The summed E-state index contributed by atoms with van der Waals surface area (Å²) < 4.78 is 11.4. The number of nitrogen functional groups attached to an aromatic ring is 1. The number of benzene rings is 3. The van der Waals surface area contributed by atoms with E-state index in [9.17, 15) is 14.7 Å². The van der Waals surface area contributed by atoms with Crippen LogP contribution in [0.1, 0.15) is 26.3 Å². The molecule has 3 aromatic carbocycles. The Morgan fingerprint density at radius 2 is 1.58 bits per heavy atom. The van der Waals surface area contributed by atoms with E-state index in [4.69, 9.17) is 15.2 Å². The smallest absolute Gasteiger partial charge is 0.409 e. The minimum Gasteiger partial charge on any atom is -0.492 e. The molecule has 3 amide bonds. The minimum absolute atomic E-state index is 0.0921. The number of urea groups is 1.